The molecule has 0 spiro atoms. The summed E-state index contributed by atoms with van der Waals surface area (Å²) >= 11 is 0. The van der Waals surface area contributed by atoms with Gasteiger partial charge in [-0.25, -0.2) is 0 Å². The first-order valence-electron chi connectivity index (χ1n) is 11.2. The highest BCUT2D eigenvalue weighted by Crippen LogP contribution is 2.35. The van der Waals surface area contributed by atoms with Crippen molar-refractivity contribution < 1.29 is 9.47 Å². The number of nitrogens with zero attached hydrogens (tertiary/aromatic N) is 1. The second-order valence-electron chi connectivity index (χ2n) is 8.33. The molecule has 1 atom stereocenters. The van der Waals surface area contributed by atoms with Crippen LogP contribution in [0.4, 0.5) is 5.69 Å². The average Bonchev–Trinajstić information content (AvgIpc) is 3.28. The van der Waals surface area contributed by atoms with Gasteiger partial charge in [0, 0.05) is 37.4 Å². The van der Waals surface area contributed by atoms with Crippen molar-refractivity contribution in [2.75, 3.05) is 31.6 Å². The molecule has 1 heterocycles. The van der Waals surface area contributed by atoms with E-state index in [9.17, 15) is 0 Å². The first-order valence-corrected chi connectivity index (χ1v) is 11.2. The molecule has 0 radical (unpaired) electrons. The molecule has 2 aliphatic rings. The zero-order valence-corrected chi connectivity index (χ0v) is 17.6. The third-order valence-electron chi connectivity index (χ3n) is 6.22. The molecule has 4 nitrogen and oxygen atoms in total. The Bertz CT molecular complexity index is 759. The Balaban J connectivity index is 1.35. The van der Waals surface area contributed by atoms with Crippen molar-refractivity contribution in [3.05, 3.63) is 54.1 Å². The fraction of sp³-hybridized carbons (Fsp3) is 0.520. The van der Waals surface area contributed by atoms with Gasteiger partial charge in [0.2, 0.25) is 0 Å². The van der Waals surface area contributed by atoms with Gasteiger partial charge < -0.3 is 19.7 Å². The average molecular weight is 395 g/mol. The lowest BCUT2D eigenvalue weighted by atomic mass is 10.0. The molecule has 1 aliphatic carbocycles. The van der Waals surface area contributed by atoms with Gasteiger partial charge in [0.1, 0.15) is 0 Å². The molecule has 0 amide bonds. The van der Waals surface area contributed by atoms with E-state index in [0.717, 1.165) is 50.4 Å². The van der Waals surface area contributed by atoms with Crippen LogP contribution in [0.2, 0.25) is 0 Å². The number of nitrogens with one attached hydrogen (secondary N) is 1. The SMILES string of the molecule is COc1ccc(N2CCNC(CCCc3ccccc3)C2)cc1OC1CCCC1. The van der Waals surface area contributed by atoms with Gasteiger partial charge in [-0.2, -0.15) is 0 Å². The standard InChI is InChI=1S/C25H34N2O2/c1-28-24-15-14-22(18-25(24)29-23-12-5-6-13-23)27-17-16-26-21(19-27)11-7-10-20-8-3-2-4-9-20/h2-4,8-9,14-15,18,21,23,26H,5-7,10-13,16-17,19H2,1H3. The topological polar surface area (TPSA) is 33.7 Å². The minimum absolute atomic E-state index is 0.341. The number of anilines is 1. The molecule has 1 aliphatic heterocycles. The van der Waals surface area contributed by atoms with Gasteiger partial charge in [0.05, 0.1) is 13.2 Å². The zero-order valence-electron chi connectivity index (χ0n) is 17.6. The minimum Gasteiger partial charge on any atom is -0.493 e. The quantitative estimate of drug-likeness (QED) is 0.696. The van der Waals surface area contributed by atoms with Gasteiger partial charge in [0.15, 0.2) is 11.5 Å². The number of hydrogen-bond donors (Lipinski definition) is 1. The van der Waals surface area contributed by atoms with Crippen molar-refractivity contribution in [2.24, 2.45) is 0 Å². The third kappa shape index (κ3) is 5.45. The molecule has 0 aromatic heterocycles. The molecule has 29 heavy (non-hydrogen) atoms. The van der Waals surface area contributed by atoms with Crippen molar-refractivity contribution >= 4 is 5.69 Å². The molecule has 2 aromatic carbocycles. The molecule has 1 unspecified atom stereocenters. The lowest BCUT2D eigenvalue weighted by molar-refractivity contribution is 0.201. The van der Waals surface area contributed by atoms with Crippen molar-refractivity contribution in [3.63, 3.8) is 0 Å². The smallest absolute Gasteiger partial charge is 0.163 e. The minimum atomic E-state index is 0.341. The van der Waals surface area contributed by atoms with Crippen molar-refractivity contribution in [2.45, 2.75) is 57.1 Å². The van der Waals surface area contributed by atoms with Crippen LogP contribution in [-0.4, -0.2) is 38.9 Å². The van der Waals surface area contributed by atoms with Crippen LogP contribution in [0.25, 0.3) is 0 Å². The van der Waals surface area contributed by atoms with E-state index >= 15 is 0 Å². The van der Waals surface area contributed by atoms with Crippen molar-refractivity contribution in [1.82, 2.24) is 5.32 Å². The summed E-state index contributed by atoms with van der Waals surface area (Å²) in [5.41, 5.74) is 2.68. The van der Waals surface area contributed by atoms with E-state index in [1.165, 1.54) is 36.9 Å². The van der Waals surface area contributed by atoms with E-state index in [1.807, 2.05) is 0 Å². The Morgan fingerprint density at radius 2 is 1.86 bits per heavy atom. The molecule has 1 N–H and O–H groups in total. The van der Waals surface area contributed by atoms with Crippen molar-refractivity contribution in [1.29, 1.82) is 0 Å². The Morgan fingerprint density at radius 1 is 1.03 bits per heavy atom. The summed E-state index contributed by atoms with van der Waals surface area (Å²) in [7, 11) is 1.73. The molecule has 2 aromatic rings. The van der Waals surface area contributed by atoms with Gasteiger partial charge >= 0.3 is 0 Å². The number of methoxy groups -OCH3 is 1. The summed E-state index contributed by atoms with van der Waals surface area (Å²) in [4.78, 5) is 2.49. The second-order valence-corrected chi connectivity index (χ2v) is 8.33. The third-order valence-corrected chi connectivity index (χ3v) is 6.22. The van der Waals surface area contributed by atoms with Crippen LogP contribution >= 0.6 is 0 Å². The number of piperazine rings is 1. The highest BCUT2D eigenvalue weighted by molar-refractivity contribution is 5.57. The maximum atomic E-state index is 6.30. The van der Waals surface area contributed by atoms with Crippen LogP contribution in [0.5, 0.6) is 11.5 Å². The van der Waals surface area contributed by atoms with Gasteiger partial charge in [-0.3, -0.25) is 0 Å². The predicted molar refractivity (Wildman–Crippen MR) is 119 cm³/mol. The van der Waals surface area contributed by atoms with Crippen LogP contribution in [0.1, 0.15) is 44.1 Å². The van der Waals surface area contributed by atoms with Crippen LogP contribution in [0, 0.1) is 0 Å². The largest absolute Gasteiger partial charge is 0.493 e. The first-order chi connectivity index (χ1) is 14.3. The number of rotatable bonds is 8. The fourth-order valence-electron chi connectivity index (χ4n) is 4.59. The number of benzene rings is 2. The Labute approximate surface area is 175 Å². The molecule has 1 saturated heterocycles. The molecular formula is C25H34N2O2. The highest BCUT2D eigenvalue weighted by Gasteiger charge is 2.22. The van der Waals surface area contributed by atoms with Crippen LogP contribution < -0.4 is 19.7 Å². The highest BCUT2D eigenvalue weighted by atomic mass is 16.5. The summed E-state index contributed by atoms with van der Waals surface area (Å²) in [5, 5.41) is 3.70. The first kappa shape index (κ1) is 20.1. The second kappa shape index (κ2) is 10.0. The summed E-state index contributed by atoms with van der Waals surface area (Å²) < 4.78 is 11.9. The van der Waals surface area contributed by atoms with Crippen molar-refractivity contribution in [3.8, 4) is 11.5 Å². The van der Waals surface area contributed by atoms with Gasteiger partial charge in [-0.05, 0) is 62.6 Å². The van der Waals surface area contributed by atoms with E-state index in [2.05, 4.69) is 58.7 Å². The normalized spacial score (nSPS) is 20.0. The lowest BCUT2D eigenvalue weighted by Gasteiger charge is -2.35. The number of aryl methyl sites for hydroxylation is 1. The Morgan fingerprint density at radius 3 is 2.66 bits per heavy atom. The summed E-state index contributed by atoms with van der Waals surface area (Å²) in [6, 6.07) is 17.8. The molecule has 1 saturated carbocycles. The van der Waals surface area contributed by atoms with Crippen LogP contribution in [0.15, 0.2) is 48.5 Å². The van der Waals surface area contributed by atoms with E-state index in [-0.39, 0.29) is 0 Å². The number of ether oxygens (including phenoxy) is 2. The summed E-state index contributed by atoms with van der Waals surface area (Å²) in [6.45, 7) is 3.11. The summed E-state index contributed by atoms with van der Waals surface area (Å²) in [5.74, 6) is 1.74. The molecule has 2 fully saturated rings. The van der Waals surface area contributed by atoms with E-state index in [1.54, 1.807) is 7.11 Å². The van der Waals surface area contributed by atoms with E-state index in [0.29, 0.717) is 12.1 Å². The van der Waals surface area contributed by atoms with Crippen LogP contribution in [0.3, 0.4) is 0 Å². The lowest BCUT2D eigenvalue weighted by Crippen LogP contribution is -2.50. The number of hydrogen-bond acceptors (Lipinski definition) is 4. The predicted octanol–water partition coefficient (Wildman–Crippen LogP) is 4.82. The summed E-state index contributed by atoms with van der Waals surface area (Å²) in [6.07, 6.45) is 8.77. The van der Waals surface area contributed by atoms with E-state index in [4.69, 9.17) is 9.47 Å². The fourth-order valence-corrected chi connectivity index (χ4v) is 4.59. The molecule has 0 bridgehead atoms. The van der Waals surface area contributed by atoms with Gasteiger partial charge in [-0.15, -0.1) is 0 Å². The molecule has 156 valence electrons. The Hall–Kier alpha value is -2.20. The molecular weight excluding hydrogens is 360 g/mol. The zero-order chi connectivity index (χ0) is 19.9. The molecule has 4 heteroatoms. The van der Waals surface area contributed by atoms with E-state index < -0.39 is 0 Å². The van der Waals surface area contributed by atoms with Gasteiger partial charge in [-0.1, -0.05) is 30.3 Å². The van der Waals surface area contributed by atoms with Crippen LogP contribution in [-0.2, 0) is 6.42 Å². The maximum absolute atomic E-state index is 6.30. The maximum Gasteiger partial charge on any atom is 0.163 e. The van der Waals surface area contributed by atoms with Gasteiger partial charge in [0.25, 0.3) is 0 Å². The monoisotopic (exact) mass is 394 g/mol. The Kier molecular flexibility index (Phi) is 6.94. The molecule has 4 rings (SSSR count).